The van der Waals surface area contributed by atoms with Crippen molar-refractivity contribution in [2.75, 3.05) is 0 Å². The molecule has 0 N–H and O–H groups in total. The Balaban J connectivity index is 1.95. The highest BCUT2D eigenvalue weighted by Gasteiger charge is 2.54. The summed E-state index contributed by atoms with van der Waals surface area (Å²) in [6, 6.07) is 8.96. The molecule has 0 bridgehead atoms. The standard InChI is InChI=1S/C12H13Br/c13-11-5-3-10(4-6-11)12(7-8-12)9-1-2-9/h3-6,9H,1-2,7-8H2. The summed E-state index contributed by atoms with van der Waals surface area (Å²) in [6.07, 6.45) is 5.80. The van der Waals surface area contributed by atoms with Crippen LogP contribution in [0.1, 0.15) is 31.2 Å². The molecule has 0 aromatic heterocycles. The van der Waals surface area contributed by atoms with Gasteiger partial charge < -0.3 is 0 Å². The van der Waals surface area contributed by atoms with Crippen molar-refractivity contribution in [2.45, 2.75) is 31.1 Å². The van der Waals surface area contributed by atoms with Gasteiger partial charge in [-0.25, -0.2) is 0 Å². The third kappa shape index (κ3) is 1.25. The monoisotopic (exact) mass is 236 g/mol. The molecule has 0 saturated heterocycles. The highest BCUT2D eigenvalue weighted by molar-refractivity contribution is 9.10. The zero-order valence-electron chi connectivity index (χ0n) is 7.59. The van der Waals surface area contributed by atoms with E-state index >= 15 is 0 Å². The molecular weight excluding hydrogens is 224 g/mol. The molecule has 0 atom stereocenters. The molecule has 1 aromatic carbocycles. The molecule has 0 unspecified atom stereocenters. The van der Waals surface area contributed by atoms with E-state index in [9.17, 15) is 0 Å². The first-order valence-corrected chi connectivity index (χ1v) is 5.87. The second-order valence-electron chi connectivity index (χ2n) is 4.44. The number of benzene rings is 1. The van der Waals surface area contributed by atoms with Crippen molar-refractivity contribution in [1.82, 2.24) is 0 Å². The maximum atomic E-state index is 3.49. The lowest BCUT2D eigenvalue weighted by Gasteiger charge is -2.14. The summed E-state index contributed by atoms with van der Waals surface area (Å²) in [7, 11) is 0. The topological polar surface area (TPSA) is 0 Å². The van der Waals surface area contributed by atoms with Crippen LogP contribution in [0.25, 0.3) is 0 Å². The van der Waals surface area contributed by atoms with Gasteiger partial charge in [-0.05, 0) is 54.7 Å². The van der Waals surface area contributed by atoms with Crippen LogP contribution in [0, 0.1) is 5.92 Å². The zero-order valence-corrected chi connectivity index (χ0v) is 9.18. The van der Waals surface area contributed by atoms with Gasteiger partial charge >= 0.3 is 0 Å². The molecular formula is C12H13Br. The summed E-state index contributed by atoms with van der Waals surface area (Å²) in [4.78, 5) is 0. The summed E-state index contributed by atoms with van der Waals surface area (Å²) in [6.45, 7) is 0. The van der Waals surface area contributed by atoms with Gasteiger partial charge in [0.15, 0.2) is 0 Å². The fraction of sp³-hybridized carbons (Fsp3) is 0.500. The lowest BCUT2D eigenvalue weighted by molar-refractivity contribution is 0.597. The summed E-state index contributed by atoms with van der Waals surface area (Å²) < 4.78 is 1.20. The lowest BCUT2D eigenvalue weighted by Crippen LogP contribution is -2.08. The van der Waals surface area contributed by atoms with E-state index in [1.807, 2.05) is 0 Å². The van der Waals surface area contributed by atoms with Gasteiger partial charge in [0.05, 0.1) is 0 Å². The van der Waals surface area contributed by atoms with Crippen molar-refractivity contribution in [1.29, 1.82) is 0 Å². The van der Waals surface area contributed by atoms with Gasteiger partial charge in [-0.1, -0.05) is 28.1 Å². The van der Waals surface area contributed by atoms with Gasteiger partial charge in [-0.3, -0.25) is 0 Å². The third-order valence-corrected chi connectivity index (χ3v) is 4.10. The first-order valence-electron chi connectivity index (χ1n) is 5.07. The Kier molecular flexibility index (Phi) is 1.61. The van der Waals surface area contributed by atoms with E-state index < -0.39 is 0 Å². The van der Waals surface area contributed by atoms with Crippen molar-refractivity contribution in [2.24, 2.45) is 5.92 Å². The SMILES string of the molecule is Brc1ccc(C2(C3CC3)CC2)cc1. The smallest absolute Gasteiger partial charge is 0.0175 e. The quantitative estimate of drug-likeness (QED) is 0.731. The Morgan fingerprint density at radius 2 is 1.69 bits per heavy atom. The van der Waals surface area contributed by atoms with Crippen molar-refractivity contribution in [3.8, 4) is 0 Å². The van der Waals surface area contributed by atoms with Gasteiger partial charge in [-0.2, -0.15) is 0 Å². The Bertz CT molecular complexity index is 317. The molecule has 3 rings (SSSR count). The fourth-order valence-electron chi connectivity index (χ4n) is 2.49. The van der Waals surface area contributed by atoms with Gasteiger partial charge in [0.25, 0.3) is 0 Å². The molecule has 1 heteroatoms. The normalized spacial score (nSPS) is 24.4. The Morgan fingerprint density at radius 3 is 2.15 bits per heavy atom. The number of hydrogen-bond acceptors (Lipinski definition) is 0. The van der Waals surface area contributed by atoms with Crippen LogP contribution in [0.5, 0.6) is 0 Å². The molecule has 1 aromatic rings. The predicted molar refractivity (Wildman–Crippen MR) is 57.8 cm³/mol. The van der Waals surface area contributed by atoms with Gasteiger partial charge in [0, 0.05) is 4.47 Å². The molecule has 0 amide bonds. The lowest BCUT2D eigenvalue weighted by atomic mass is 9.91. The second kappa shape index (κ2) is 2.60. The van der Waals surface area contributed by atoms with Crippen molar-refractivity contribution in [3.63, 3.8) is 0 Å². The minimum Gasteiger partial charge on any atom is -0.0573 e. The molecule has 2 aliphatic carbocycles. The van der Waals surface area contributed by atoms with E-state index in [1.165, 1.54) is 30.2 Å². The fourth-order valence-corrected chi connectivity index (χ4v) is 2.75. The highest BCUT2D eigenvalue weighted by Crippen LogP contribution is 2.62. The molecule has 13 heavy (non-hydrogen) atoms. The van der Waals surface area contributed by atoms with Crippen molar-refractivity contribution in [3.05, 3.63) is 34.3 Å². The maximum Gasteiger partial charge on any atom is 0.0175 e. The van der Waals surface area contributed by atoms with Crippen LogP contribution >= 0.6 is 15.9 Å². The first-order chi connectivity index (χ1) is 6.31. The summed E-state index contributed by atoms with van der Waals surface area (Å²) >= 11 is 3.49. The maximum absolute atomic E-state index is 3.49. The van der Waals surface area contributed by atoms with Gasteiger partial charge in [-0.15, -0.1) is 0 Å². The van der Waals surface area contributed by atoms with Crippen LogP contribution < -0.4 is 0 Å². The van der Waals surface area contributed by atoms with E-state index in [-0.39, 0.29) is 0 Å². The third-order valence-electron chi connectivity index (χ3n) is 3.57. The second-order valence-corrected chi connectivity index (χ2v) is 5.35. The molecule has 2 aliphatic rings. The first kappa shape index (κ1) is 8.05. The van der Waals surface area contributed by atoms with Crippen LogP contribution in [0.3, 0.4) is 0 Å². The highest BCUT2D eigenvalue weighted by atomic mass is 79.9. The molecule has 0 nitrogen and oxygen atoms in total. The molecule has 0 heterocycles. The molecule has 0 aliphatic heterocycles. The van der Waals surface area contributed by atoms with E-state index in [4.69, 9.17) is 0 Å². The summed E-state index contributed by atoms with van der Waals surface area (Å²) in [5, 5.41) is 0. The summed E-state index contributed by atoms with van der Waals surface area (Å²) in [5.74, 6) is 1.02. The number of halogens is 1. The van der Waals surface area contributed by atoms with E-state index in [0.717, 1.165) is 5.92 Å². The predicted octanol–water partition coefficient (Wildman–Crippen LogP) is 3.89. The van der Waals surface area contributed by atoms with Crippen LogP contribution in [-0.2, 0) is 5.41 Å². The minimum atomic E-state index is 0.626. The van der Waals surface area contributed by atoms with Crippen LogP contribution in [0.15, 0.2) is 28.7 Å². The largest absolute Gasteiger partial charge is 0.0573 e. The molecule has 0 spiro atoms. The Hall–Kier alpha value is -0.300. The minimum absolute atomic E-state index is 0.626. The number of hydrogen-bond donors (Lipinski definition) is 0. The summed E-state index contributed by atoms with van der Waals surface area (Å²) in [5.41, 5.74) is 2.21. The molecule has 0 radical (unpaired) electrons. The zero-order chi connectivity index (χ0) is 8.89. The Labute approximate surface area is 87.5 Å². The van der Waals surface area contributed by atoms with Crippen molar-refractivity contribution >= 4 is 15.9 Å². The van der Waals surface area contributed by atoms with Crippen LogP contribution in [0.4, 0.5) is 0 Å². The van der Waals surface area contributed by atoms with Gasteiger partial charge in [0.1, 0.15) is 0 Å². The van der Waals surface area contributed by atoms with Crippen LogP contribution in [-0.4, -0.2) is 0 Å². The average Bonchev–Trinajstić information content (AvgIpc) is 3.00. The van der Waals surface area contributed by atoms with E-state index in [2.05, 4.69) is 40.2 Å². The average molecular weight is 237 g/mol. The van der Waals surface area contributed by atoms with E-state index in [1.54, 1.807) is 5.56 Å². The van der Waals surface area contributed by atoms with Crippen LogP contribution in [0.2, 0.25) is 0 Å². The number of rotatable bonds is 2. The molecule has 2 fully saturated rings. The molecule has 68 valence electrons. The Morgan fingerprint density at radius 1 is 1.08 bits per heavy atom. The van der Waals surface area contributed by atoms with E-state index in [0.29, 0.717) is 5.41 Å². The molecule has 2 saturated carbocycles. The van der Waals surface area contributed by atoms with Gasteiger partial charge in [0.2, 0.25) is 0 Å². The van der Waals surface area contributed by atoms with Crippen molar-refractivity contribution < 1.29 is 0 Å².